The topological polar surface area (TPSA) is 100 Å². The number of nitrogens with one attached hydrogen (secondary N) is 1. The van der Waals surface area contributed by atoms with E-state index in [1.165, 1.54) is 13.3 Å². The molecule has 27 heavy (non-hydrogen) atoms. The first kappa shape index (κ1) is 17.2. The number of phenolic OH excluding ortho intramolecular Hbond substituents is 1. The molecule has 7 heteroatoms. The molecule has 1 aromatic carbocycles. The van der Waals surface area contributed by atoms with Gasteiger partial charge in [0.05, 0.1) is 13.3 Å². The third kappa shape index (κ3) is 2.65. The molecule has 0 bridgehead atoms. The van der Waals surface area contributed by atoms with Gasteiger partial charge in [0.15, 0.2) is 17.3 Å². The molecule has 1 aliphatic carbocycles. The molecule has 1 aromatic heterocycles. The van der Waals surface area contributed by atoms with Gasteiger partial charge in [0.25, 0.3) is 0 Å². The van der Waals surface area contributed by atoms with Crippen molar-refractivity contribution in [1.29, 1.82) is 5.26 Å². The summed E-state index contributed by atoms with van der Waals surface area (Å²) in [6.07, 6.45) is 2.65. The van der Waals surface area contributed by atoms with E-state index in [0.29, 0.717) is 35.5 Å². The lowest BCUT2D eigenvalue weighted by Gasteiger charge is -2.39. The number of carbonyl (C=O) groups excluding carboxylic acids is 1. The van der Waals surface area contributed by atoms with Gasteiger partial charge in [0.1, 0.15) is 23.5 Å². The number of ketones is 1. The van der Waals surface area contributed by atoms with Gasteiger partial charge in [-0.15, -0.1) is 0 Å². The second-order valence-electron chi connectivity index (χ2n) is 7.76. The molecule has 0 saturated heterocycles. The zero-order valence-electron chi connectivity index (χ0n) is 15.4. The van der Waals surface area contributed by atoms with Crippen LogP contribution in [0.3, 0.4) is 0 Å². The van der Waals surface area contributed by atoms with E-state index in [1.807, 2.05) is 0 Å². The summed E-state index contributed by atoms with van der Waals surface area (Å²) in [6, 6.07) is 6.68. The molecular weight excluding hydrogens is 344 g/mol. The van der Waals surface area contributed by atoms with Crippen molar-refractivity contribution >= 4 is 11.6 Å². The van der Waals surface area contributed by atoms with Crippen LogP contribution < -0.4 is 10.1 Å². The van der Waals surface area contributed by atoms with Crippen LogP contribution in [0.1, 0.15) is 43.9 Å². The number of phenols is 1. The van der Waals surface area contributed by atoms with Gasteiger partial charge in [0.2, 0.25) is 0 Å². The van der Waals surface area contributed by atoms with Crippen molar-refractivity contribution in [1.82, 2.24) is 9.78 Å². The van der Waals surface area contributed by atoms with Crippen LogP contribution in [0.25, 0.3) is 0 Å². The number of methoxy groups -OCH3 is 1. The summed E-state index contributed by atoms with van der Waals surface area (Å²) in [6.45, 7) is 4.12. The van der Waals surface area contributed by atoms with Crippen LogP contribution in [0.15, 0.2) is 35.7 Å². The van der Waals surface area contributed by atoms with E-state index in [9.17, 15) is 15.2 Å². The highest BCUT2D eigenvalue weighted by molar-refractivity contribution is 6.00. The molecule has 1 aliphatic heterocycles. The summed E-state index contributed by atoms with van der Waals surface area (Å²) in [5, 5.41) is 27.0. The van der Waals surface area contributed by atoms with Crippen molar-refractivity contribution in [2.45, 2.75) is 32.7 Å². The molecule has 1 atom stereocenters. The summed E-state index contributed by atoms with van der Waals surface area (Å²) >= 11 is 0. The van der Waals surface area contributed by atoms with Gasteiger partial charge in [-0.05, 0) is 29.5 Å². The van der Waals surface area contributed by atoms with Crippen molar-refractivity contribution in [3.8, 4) is 17.6 Å². The Morgan fingerprint density at radius 1 is 1.41 bits per heavy atom. The van der Waals surface area contributed by atoms with E-state index >= 15 is 0 Å². The van der Waals surface area contributed by atoms with E-state index in [-0.39, 0.29) is 16.9 Å². The number of hydrogen-bond acceptors (Lipinski definition) is 6. The van der Waals surface area contributed by atoms with Gasteiger partial charge < -0.3 is 15.2 Å². The minimum atomic E-state index is -0.476. The number of carbonyl (C=O) groups is 1. The molecular formula is C20H20N4O3. The van der Waals surface area contributed by atoms with Crippen LogP contribution in [0.4, 0.5) is 5.82 Å². The van der Waals surface area contributed by atoms with Crippen molar-refractivity contribution < 1.29 is 14.6 Å². The molecule has 2 aromatic rings. The monoisotopic (exact) mass is 364 g/mol. The number of ether oxygens (including phenoxy) is 1. The Morgan fingerprint density at radius 3 is 2.89 bits per heavy atom. The number of aromatic hydroxyl groups is 1. The zero-order chi connectivity index (χ0) is 19.3. The molecule has 0 fully saturated rings. The van der Waals surface area contributed by atoms with E-state index in [0.717, 1.165) is 11.3 Å². The fraction of sp³-hybridized carbons (Fsp3) is 0.350. The van der Waals surface area contributed by atoms with Crippen LogP contribution in [0, 0.1) is 16.7 Å². The number of aromatic nitrogens is 2. The van der Waals surface area contributed by atoms with Crippen LogP contribution in [0.5, 0.6) is 11.5 Å². The summed E-state index contributed by atoms with van der Waals surface area (Å²) in [5.41, 5.74) is 2.52. The number of anilines is 1. The normalized spacial score (nSPS) is 20.4. The van der Waals surface area contributed by atoms with E-state index in [2.05, 4.69) is 30.3 Å². The summed E-state index contributed by atoms with van der Waals surface area (Å²) < 4.78 is 6.90. The third-order valence-electron chi connectivity index (χ3n) is 5.14. The van der Waals surface area contributed by atoms with Gasteiger partial charge in [-0.3, -0.25) is 4.79 Å². The van der Waals surface area contributed by atoms with Gasteiger partial charge in [-0.25, -0.2) is 4.68 Å². The zero-order valence-corrected chi connectivity index (χ0v) is 15.4. The molecule has 138 valence electrons. The molecule has 0 radical (unpaired) electrons. The van der Waals surface area contributed by atoms with Gasteiger partial charge in [0, 0.05) is 17.7 Å². The molecule has 7 nitrogen and oxygen atoms in total. The number of hydrogen-bond donors (Lipinski definition) is 2. The first-order valence-corrected chi connectivity index (χ1v) is 8.72. The Kier molecular flexibility index (Phi) is 3.74. The molecule has 0 saturated carbocycles. The van der Waals surface area contributed by atoms with E-state index in [4.69, 9.17) is 4.74 Å². The lowest BCUT2D eigenvalue weighted by atomic mass is 9.73. The highest BCUT2D eigenvalue weighted by Crippen LogP contribution is 2.47. The fourth-order valence-electron chi connectivity index (χ4n) is 3.97. The first-order chi connectivity index (χ1) is 12.8. The standard InChI is InChI=1S/C20H20N4O3/c1-20(2)7-13-17(15(26)8-20)18(11-4-5-14(25)16(6-11)27-3)24-19(23-13)12(9-21)10-22-24/h4-6,10,18,23,25H,7-8H2,1-3H3. The predicted molar refractivity (Wildman–Crippen MR) is 98.4 cm³/mol. The molecule has 0 spiro atoms. The molecule has 0 amide bonds. The molecule has 2 N–H and O–H groups in total. The average molecular weight is 364 g/mol. The summed E-state index contributed by atoms with van der Waals surface area (Å²) in [7, 11) is 1.48. The second-order valence-corrected chi connectivity index (χ2v) is 7.76. The maximum atomic E-state index is 13.1. The van der Waals surface area contributed by atoms with Crippen molar-refractivity contribution in [2.24, 2.45) is 5.41 Å². The number of benzene rings is 1. The third-order valence-corrected chi connectivity index (χ3v) is 5.14. The number of fused-ring (bicyclic) bond motifs is 1. The van der Waals surface area contributed by atoms with Gasteiger partial charge in [-0.1, -0.05) is 19.9 Å². The Hall–Kier alpha value is -3.27. The maximum absolute atomic E-state index is 13.1. The van der Waals surface area contributed by atoms with Crippen molar-refractivity contribution in [3.05, 3.63) is 46.8 Å². The van der Waals surface area contributed by atoms with Crippen molar-refractivity contribution in [3.63, 3.8) is 0 Å². The minimum absolute atomic E-state index is 0.0268. The van der Waals surface area contributed by atoms with Crippen LogP contribution in [-0.4, -0.2) is 27.8 Å². The Balaban J connectivity index is 1.95. The maximum Gasteiger partial charge on any atom is 0.163 e. The number of rotatable bonds is 2. The second kappa shape index (κ2) is 5.88. The van der Waals surface area contributed by atoms with Crippen LogP contribution in [0.2, 0.25) is 0 Å². The summed E-state index contributed by atoms with van der Waals surface area (Å²) in [4.78, 5) is 13.1. The van der Waals surface area contributed by atoms with Gasteiger partial charge in [-0.2, -0.15) is 10.4 Å². The SMILES string of the molecule is COc1cc(C2C3=C(CC(C)(C)CC3=O)Nc3c(C#N)cnn32)ccc1O. The van der Waals surface area contributed by atoms with Crippen molar-refractivity contribution in [2.75, 3.05) is 12.4 Å². The van der Waals surface area contributed by atoms with E-state index < -0.39 is 6.04 Å². The van der Waals surface area contributed by atoms with Gasteiger partial charge >= 0.3 is 0 Å². The average Bonchev–Trinajstić information content (AvgIpc) is 3.02. The lowest BCUT2D eigenvalue weighted by Crippen LogP contribution is -2.36. The van der Waals surface area contributed by atoms with Crippen LogP contribution >= 0.6 is 0 Å². The highest BCUT2D eigenvalue weighted by Gasteiger charge is 2.41. The fourth-order valence-corrected chi connectivity index (χ4v) is 3.97. The molecule has 1 unspecified atom stereocenters. The quantitative estimate of drug-likeness (QED) is 0.849. The minimum Gasteiger partial charge on any atom is -0.504 e. The molecule has 4 rings (SSSR count). The number of allylic oxidation sites excluding steroid dienone is 2. The van der Waals surface area contributed by atoms with Crippen LogP contribution in [-0.2, 0) is 4.79 Å². The molecule has 2 heterocycles. The Bertz CT molecular complexity index is 1030. The molecule has 2 aliphatic rings. The number of nitrogens with zero attached hydrogens (tertiary/aromatic N) is 3. The highest BCUT2D eigenvalue weighted by atomic mass is 16.5. The number of Topliss-reactive ketones (excluding diaryl/α,β-unsaturated/α-hetero) is 1. The van der Waals surface area contributed by atoms with E-state index in [1.54, 1.807) is 22.9 Å². The number of nitriles is 1. The summed E-state index contributed by atoms with van der Waals surface area (Å²) in [5.74, 6) is 0.995. The first-order valence-electron chi connectivity index (χ1n) is 8.72. The Labute approximate surface area is 156 Å². The predicted octanol–water partition coefficient (Wildman–Crippen LogP) is 3.13. The lowest BCUT2D eigenvalue weighted by molar-refractivity contribution is -0.118. The smallest absolute Gasteiger partial charge is 0.163 e. The largest absolute Gasteiger partial charge is 0.504 e. The Morgan fingerprint density at radius 2 is 2.19 bits per heavy atom.